The lowest BCUT2D eigenvalue weighted by molar-refractivity contribution is -0.121. The molecular weight excluding hydrogens is 428 g/mol. The van der Waals surface area contributed by atoms with Crippen LogP contribution in [0, 0.1) is 11.8 Å². The Morgan fingerprint density at radius 3 is 2.65 bits per heavy atom. The minimum atomic E-state index is -0.0823. The van der Waals surface area contributed by atoms with E-state index in [-0.39, 0.29) is 24.3 Å². The first-order valence-corrected chi connectivity index (χ1v) is 12.7. The summed E-state index contributed by atoms with van der Waals surface area (Å²) >= 11 is 0. The lowest BCUT2D eigenvalue weighted by Gasteiger charge is -2.30. The summed E-state index contributed by atoms with van der Waals surface area (Å²) < 4.78 is 11.4. The first-order chi connectivity index (χ1) is 16.6. The molecule has 6 nitrogen and oxygen atoms in total. The maximum Gasteiger partial charge on any atom is 0.265 e. The van der Waals surface area contributed by atoms with Crippen molar-refractivity contribution in [2.24, 2.45) is 11.8 Å². The van der Waals surface area contributed by atoms with Gasteiger partial charge in [-0.05, 0) is 68.4 Å². The number of nitrogens with zero attached hydrogens (tertiary/aromatic N) is 1. The fraction of sp³-hybridized carbons (Fsp3) is 0.500. The van der Waals surface area contributed by atoms with Gasteiger partial charge in [0.25, 0.3) is 5.91 Å². The van der Waals surface area contributed by atoms with Crippen LogP contribution in [0.5, 0.6) is 11.5 Å². The summed E-state index contributed by atoms with van der Waals surface area (Å²) in [5.74, 6) is 2.33. The van der Waals surface area contributed by atoms with Gasteiger partial charge in [-0.3, -0.25) is 9.59 Å². The Morgan fingerprint density at radius 2 is 1.88 bits per heavy atom. The van der Waals surface area contributed by atoms with Crippen LogP contribution in [0.2, 0.25) is 0 Å². The average Bonchev–Trinajstić information content (AvgIpc) is 2.87. The van der Waals surface area contributed by atoms with Gasteiger partial charge in [0.15, 0.2) is 6.61 Å². The smallest absolute Gasteiger partial charge is 0.265 e. The van der Waals surface area contributed by atoms with E-state index in [9.17, 15) is 9.59 Å². The van der Waals surface area contributed by atoms with Gasteiger partial charge in [-0.15, -0.1) is 0 Å². The van der Waals surface area contributed by atoms with Crippen molar-refractivity contribution < 1.29 is 19.1 Å². The number of carbonyl (C=O) groups excluding carboxylic acids is 2. The summed E-state index contributed by atoms with van der Waals surface area (Å²) in [4.78, 5) is 27.2. The van der Waals surface area contributed by atoms with Crippen molar-refractivity contribution in [3.63, 3.8) is 0 Å². The number of anilines is 2. The molecule has 1 N–H and O–H groups in total. The molecule has 6 heteroatoms. The minimum Gasteiger partial charge on any atom is -0.494 e. The topological polar surface area (TPSA) is 67.9 Å². The molecular formula is C28H36N2O4. The Morgan fingerprint density at radius 1 is 1.09 bits per heavy atom. The molecule has 1 saturated carbocycles. The Kier molecular flexibility index (Phi) is 8.45. The lowest BCUT2D eigenvalue weighted by atomic mass is 9.79. The van der Waals surface area contributed by atoms with Gasteiger partial charge in [-0.25, -0.2) is 0 Å². The van der Waals surface area contributed by atoms with Gasteiger partial charge in [-0.1, -0.05) is 44.4 Å². The van der Waals surface area contributed by atoms with Crippen molar-refractivity contribution in [3.05, 3.63) is 48.5 Å². The van der Waals surface area contributed by atoms with E-state index in [0.717, 1.165) is 37.4 Å². The second-order valence-electron chi connectivity index (χ2n) is 9.38. The molecule has 2 aromatic rings. The Balaban J connectivity index is 1.32. The second kappa shape index (κ2) is 11.9. The lowest BCUT2D eigenvalue weighted by Crippen LogP contribution is -2.40. The number of carbonyl (C=O) groups is 2. The largest absolute Gasteiger partial charge is 0.494 e. The molecule has 0 saturated heterocycles. The molecule has 182 valence electrons. The number of unbranched alkanes of at least 4 members (excludes halogenated alkanes) is 1. The predicted molar refractivity (Wildman–Crippen MR) is 134 cm³/mol. The summed E-state index contributed by atoms with van der Waals surface area (Å²) in [6.45, 7) is 3.30. The maximum absolute atomic E-state index is 12.9. The van der Waals surface area contributed by atoms with Crippen LogP contribution in [0.3, 0.4) is 0 Å². The average molecular weight is 465 g/mol. The molecule has 0 atom stereocenters. The summed E-state index contributed by atoms with van der Waals surface area (Å²) in [5, 5.41) is 3.09. The Bertz CT molecular complexity index is 954. The van der Waals surface area contributed by atoms with Gasteiger partial charge in [-0.2, -0.15) is 0 Å². The molecule has 1 aliphatic heterocycles. The molecule has 0 radical (unpaired) electrons. The van der Waals surface area contributed by atoms with Gasteiger partial charge >= 0.3 is 0 Å². The number of fused-ring (bicyclic) bond motifs is 1. The third kappa shape index (κ3) is 6.31. The summed E-state index contributed by atoms with van der Waals surface area (Å²) in [7, 11) is 0. The molecule has 0 spiro atoms. The molecule has 0 unspecified atom stereocenters. The highest BCUT2D eigenvalue weighted by Gasteiger charge is 2.28. The molecule has 4 rings (SSSR count). The molecule has 2 aliphatic rings. The Labute approximate surface area is 202 Å². The zero-order chi connectivity index (χ0) is 23.8. The zero-order valence-electron chi connectivity index (χ0n) is 20.1. The quantitative estimate of drug-likeness (QED) is 0.450. The van der Waals surface area contributed by atoms with Crippen LogP contribution in [0.15, 0.2) is 48.5 Å². The van der Waals surface area contributed by atoms with E-state index in [4.69, 9.17) is 9.47 Å². The van der Waals surface area contributed by atoms with Crippen LogP contribution >= 0.6 is 0 Å². The molecule has 2 amide bonds. The number of ether oxygens (including phenoxy) is 2. The molecule has 34 heavy (non-hydrogen) atoms. The van der Waals surface area contributed by atoms with E-state index in [1.54, 1.807) is 4.90 Å². The van der Waals surface area contributed by atoms with Crippen molar-refractivity contribution in [2.45, 2.75) is 58.3 Å². The van der Waals surface area contributed by atoms with E-state index in [1.807, 2.05) is 48.5 Å². The number of rotatable bonds is 10. The summed E-state index contributed by atoms with van der Waals surface area (Å²) in [5.41, 5.74) is 1.41. The van der Waals surface area contributed by atoms with E-state index in [2.05, 4.69) is 12.2 Å². The van der Waals surface area contributed by atoms with Crippen molar-refractivity contribution in [1.82, 2.24) is 0 Å². The normalized spacial score (nSPS) is 19.8. The number of amides is 2. The van der Waals surface area contributed by atoms with Crippen LogP contribution in [-0.4, -0.2) is 31.6 Å². The molecule has 2 aromatic carbocycles. The van der Waals surface area contributed by atoms with E-state index < -0.39 is 0 Å². The standard InChI is InChI=1S/C28H36N2O4/c1-2-3-8-21-11-13-22(14-12-21)28(32)29-23-15-16-26-25(19-23)30(27(31)20-34-26)17-7-18-33-24-9-5-4-6-10-24/h4-6,9-10,15-16,19,21-22H,2-3,7-8,11-14,17-18,20H2,1H3,(H,29,32). The van der Waals surface area contributed by atoms with Gasteiger partial charge in [0, 0.05) is 18.2 Å². The maximum atomic E-state index is 12.9. The number of hydrogen-bond acceptors (Lipinski definition) is 4. The number of nitrogens with one attached hydrogen (secondary N) is 1. The second-order valence-corrected chi connectivity index (χ2v) is 9.38. The fourth-order valence-electron chi connectivity index (χ4n) is 4.90. The summed E-state index contributed by atoms with van der Waals surface area (Å²) in [6, 6.07) is 15.2. The van der Waals surface area contributed by atoms with Crippen molar-refractivity contribution >= 4 is 23.2 Å². The van der Waals surface area contributed by atoms with Gasteiger partial charge in [0.2, 0.25) is 5.91 Å². The third-order valence-electron chi connectivity index (χ3n) is 6.89. The van der Waals surface area contributed by atoms with E-state index in [1.165, 1.54) is 19.3 Å². The van der Waals surface area contributed by atoms with Gasteiger partial charge < -0.3 is 19.7 Å². The molecule has 0 bridgehead atoms. The zero-order valence-corrected chi connectivity index (χ0v) is 20.1. The van der Waals surface area contributed by atoms with E-state index >= 15 is 0 Å². The van der Waals surface area contributed by atoms with E-state index in [0.29, 0.717) is 36.7 Å². The predicted octanol–water partition coefficient (Wildman–Crippen LogP) is 5.82. The monoisotopic (exact) mass is 464 g/mol. The SMILES string of the molecule is CCCCC1CCC(C(=O)Nc2ccc3c(c2)N(CCCOc2ccccc2)C(=O)CO3)CC1. The van der Waals surface area contributed by atoms with Gasteiger partial charge in [0.05, 0.1) is 12.3 Å². The summed E-state index contributed by atoms with van der Waals surface area (Å²) in [6.07, 6.45) is 8.70. The van der Waals surface area contributed by atoms with Gasteiger partial charge in [0.1, 0.15) is 11.5 Å². The Hall–Kier alpha value is -3.02. The van der Waals surface area contributed by atoms with Crippen molar-refractivity contribution in [3.8, 4) is 11.5 Å². The highest BCUT2D eigenvalue weighted by molar-refractivity contribution is 5.99. The third-order valence-corrected chi connectivity index (χ3v) is 6.89. The number of para-hydroxylation sites is 1. The van der Waals surface area contributed by atoms with Crippen LogP contribution < -0.4 is 19.7 Å². The highest BCUT2D eigenvalue weighted by Crippen LogP contribution is 2.36. The highest BCUT2D eigenvalue weighted by atomic mass is 16.5. The van der Waals surface area contributed by atoms with Crippen LogP contribution in [0.4, 0.5) is 11.4 Å². The molecule has 1 heterocycles. The number of benzene rings is 2. The first-order valence-electron chi connectivity index (χ1n) is 12.7. The van der Waals surface area contributed by atoms with Crippen LogP contribution in [-0.2, 0) is 9.59 Å². The minimum absolute atomic E-state index is 0.0273. The molecule has 1 fully saturated rings. The molecule has 0 aromatic heterocycles. The number of hydrogen-bond donors (Lipinski definition) is 1. The van der Waals surface area contributed by atoms with Crippen LogP contribution in [0.1, 0.15) is 58.3 Å². The van der Waals surface area contributed by atoms with Crippen molar-refractivity contribution in [1.29, 1.82) is 0 Å². The molecule has 1 aliphatic carbocycles. The fourth-order valence-corrected chi connectivity index (χ4v) is 4.90. The van der Waals surface area contributed by atoms with Crippen LogP contribution in [0.25, 0.3) is 0 Å². The van der Waals surface area contributed by atoms with Crippen molar-refractivity contribution in [2.75, 3.05) is 30.0 Å². The first kappa shape index (κ1) is 24.1.